The van der Waals surface area contributed by atoms with Gasteiger partial charge in [0.25, 0.3) is 0 Å². The van der Waals surface area contributed by atoms with Crippen LogP contribution in [-0.2, 0) is 6.54 Å². The first-order valence-corrected chi connectivity index (χ1v) is 6.77. The van der Waals surface area contributed by atoms with Crippen molar-refractivity contribution in [3.63, 3.8) is 0 Å². The van der Waals surface area contributed by atoms with Crippen molar-refractivity contribution in [2.45, 2.75) is 13.5 Å². The highest BCUT2D eigenvalue weighted by Gasteiger charge is 2.02. The van der Waals surface area contributed by atoms with Crippen LogP contribution >= 0.6 is 0 Å². The van der Waals surface area contributed by atoms with Gasteiger partial charge in [0, 0.05) is 11.7 Å². The van der Waals surface area contributed by atoms with Gasteiger partial charge in [-0.1, -0.05) is 23.8 Å². The van der Waals surface area contributed by atoms with Crippen LogP contribution in [0, 0.1) is 6.92 Å². The number of nitrogen functional groups attached to an aromatic ring is 1. The molecule has 1 heterocycles. The summed E-state index contributed by atoms with van der Waals surface area (Å²) in [6.45, 7) is 3.52. The Bertz CT molecular complexity index is 731. The van der Waals surface area contributed by atoms with Crippen LogP contribution in [0.25, 0.3) is 10.9 Å². The zero-order valence-corrected chi connectivity index (χ0v) is 11.5. The maximum Gasteiger partial charge on any atom is 0.142 e. The number of hydrogen-bond acceptors (Lipinski definition) is 2. The van der Waals surface area contributed by atoms with Crippen molar-refractivity contribution in [2.75, 3.05) is 12.3 Å². The molecule has 20 heavy (non-hydrogen) atoms. The second-order valence-corrected chi connectivity index (χ2v) is 4.96. The molecule has 3 aromatic rings. The normalized spacial score (nSPS) is 10.8. The molecule has 0 spiro atoms. The number of nitrogens with zero attached hydrogens (tertiary/aromatic N) is 1. The third-order valence-corrected chi connectivity index (χ3v) is 3.44. The Morgan fingerprint density at radius 1 is 1.10 bits per heavy atom. The van der Waals surface area contributed by atoms with Gasteiger partial charge in [-0.05, 0) is 42.6 Å². The molecule has 2 N–H and O–H groups in total. The van der Waals surface area contributed by atoms with Crippen molar-refractivity contribution >= 4 is 16.6 Å². The third kappa shape index (κ3) is 2.48. The number of hydrogen-bond donors (Lipinski definition) is 1. The SMILES string of the molecule is Cc1ccc2c(ccn2CCOc2ccccc2N)c1. The molecule has 3 rings (SSSR count). The fourth-order valence-corrected chi connectivity index (χ4v) is 2.38. The Hall–Kier alpha value is -2.42. The van der Waals surface area contributed by atoms with Gasteiger partial charge in [-0.25, -0.2) is 0 Å². The number of para-hydroxylation sites is 2. The van der Waals surface area contributed by atoms with Crippen LogP contribution in [0.15, 0.2) is 54.7 Å². The minimum absolute atomic E-state index is 0.603. The highest BCUT2D eigenvalue weighted by molar-refractivity contribution is 5.80. The lowest BCUT2D eigenvalue weighted by atomic mass is 10.2. The van der Waals surface area contributed by atoms with E-state index in [2.05, 4.69) is 42.0 Å². The summed E-state index contributed by atoms with van der Waals surface area (Å²) >= 11 is 0. The first kappa shape index (κ1) is 12.6. The van der Waals surface area contributed by atoms with Crippen molar-refractivity contribution in [1.29, 1.82) is 0 Å². The molecule has 3 nitrogen and oxygen atoms in total. The van der Waals surface area contributed by atoms with Crippen molar-refractivity contribution in [1.82, 2.24) is 4.57 Å². The molecule has 3 heteroatoms. The number of nitrogens with two attached hydrogens (primary N) is 1. The molecule has 0 amide bonds. The van der Waals surface area contributed by atoms with E-state index >= 15 is 0 Å². The van der Waals surface area contributed by atoms with Gasteiger partial charge in [-0.3, -0.25) is 0 Å². The van der Waals surface area contributed by atoms with Gasteiger partial charge >= 0.3 is 0 Å². The van der Waals surface area contributed by atoms with E-state index in [1.165, 1.54) is 16.5 Å². The summed E-state index contributed by atoms with van der Waals surface area (Å²) in [6.07, 6.45) is 2.10. The van der Waals surface area contributed by atoms with E-state index in [1.54, 1.807) is 0 Å². The molecule has 0 saturated carbocycles. The van der Waals surface area contributed by atoms with Gasteiger partial charge in [-0.15, -0.1) is 0 Å². The van der Waals surface area contributed by atoms with E-state index in [0.717, 1.165) is 12.3 Å². The average molecular weight is 266 g/mol. The van der Waals surface area contributed by atoms with Gasteiger partial charge in [0.05, 0.1) is 12.2 Å². The number of rotatable bonds is 4. The fourth-order valence-electron chi connectivity index (χ4n) is 2.38. The number of ether oxygens (including phenoxy) is 1. The Labute approximate surface area is 118 Å². The molecule has 0 aliphatic carbocycles. The third-order valence-electron chi connectivity index (χ3n) is 3.44. The standard InChI is InChI=1S/C17H18N2O/c1-13-6-7-16-14(12-13)8-9-19(16)10-11-20-17-5-3-2-4-15(17)18/h2-9,12H,10-11,18H2,1H3. The molecular formula is C17H18N2O. The van der Waals surface area contributed by atoms with Crippen molar-refractivity contribution < 1.29 is 4.74 Å². The van der Waals surface area contributed by atoms with Gasteiger partial charge in [0.1, 0.15) is 12.4 Å². The molecule has 0 aliphatic rings. The molecule has 0 radical (unpaired) electrons. The highest BCUT2D eigenvalue weighted by atomic mass is 16.5. The Morgan fingerprint density at radius 2 is 1.95 bits per heavy atom. The van der Waals surface area contributed by atoms with E-state index < -0.39 is 0 Å². The van der Waals surface area contributed by atoms with Crippen molar-refractivity contribution in [3.05, 3.63) is 60.3 Å². The lowest BCUT2D eigenvalue weighted by molar-refractivity contribution is 0.302. The molecule has 0 fully saturated rings. The molecule has 0 bridgehead atoms. The number of aromatic nitrogens is 1. The summed E-state index contributed by atoms with van der Waals surface area (Å²) in [4.78, 5) is 0. The van der Waals surface area contributed by atoms with Crippen LogP contribution in [0.1, 0.15) is 5.56 Å². The summed E-state index contributed by atoms with van der Waals surface area (Å²) in [7, 11) is 0. The average Bonchev–Trinajstić information content (AvgIpc) is 2.83. The number of fused-ring (bicyclic) bond motifs is 1. The van der Waals surface area contributed by atoms with Crippen molar-refractivity contribution in [2.24, 2.45) is 0 Å². The molecule has 2 aromatic carbocycles. The van der Waals surface area contributed by atoms with E-state index in [4.69, 9.17) is 10.5 Å². The predicted molar refractivity (Wildman–Crippen MR) is 83.0 cm³/mol. The van der Waals surface area contributed by atoms with Crippen LogP contribution in [0.3, 0.4) is 0 Å². The van der Waals surface area contributed by atoms with Gasteiger partial charge in [-0.2, -0.15) is 0 Å². The molecule has 0 atom stereocenters. The van der Waals surface area contributed by atoms with Crippen LogP contribution in [-0.4, -0.2) is 11.2 Å². The van der Waals surface area contributed by atoms with Gasteiger partial charge in [0.15, 0.2) is 0 Å². The quantitative estimate of drug-likeness (QED) is 0.733. The number of benzene rings is 2. The van der Waals surface area contributed by atoms with Crippen LogP contribution in [0.5, 0.6) is 5.75 Å². The summed E-state index contributed by atoms with van der Waals surface area (Å²) < 4.78 is 7.94. The van der Waals surface area contributed by atoms with Gasteiger partial charge < -0.3 is 15.0 Å². The largest absolute Gasteiger partial charge is 0.490 e. The Morgan fingerprint density at radius 3 is 2.80 bits per heavy atom. The molecule has 0 unspecified atom stereocenters. The second kappa shape index (κ2) is 5.29. The lowest BCUT2D eigenvalue weighted by Crippen LogP contribution is -2.08. The van der Waals surface area contributed by atoms with Gasteiger partial charge in [0.2, 0.25) is 0 Å². The molecule has 102 valence electrons. The molecule has 1 aromatic heterocycles. The smallest absolute Gasteiger partial charge is 0.142 e. The topological polar surface area (TPSA) is 40.2 Å². The Kier molecular flexibility index (Phi) is 3.33. The fraction of sp³-hybridized carbons (Fsp3) is 0.176. The number of aryl methyl sites for hydroxylation is 1. The zero-order chi connectivity index (χ0) is 13.9. The molecular weight excluding hydrogens is 248 g/mol. The summed E-state index contributed by atoms with van der Waals surface area (Å²) in [5.41, 5.74) is 9.05. The summed E-state index contributed by atoms with van der Waals surface area (Å²) in [5.74, 6) is 0.750. The number of anilines is 1. The minimum Gasteiger partial charge on any atom is -0.490 e. The maximum atomic E-state index is 5.86. The maximum absolute atomic E-state index is 5.86. The monoisotopic (exact) mass is 266 g/mol. The Balaban J connectivity index is 1.70. The molecule has 0 saturated heterocycles. The van der Waals surface area contributed by atoms with Crippen LogP contribution in [0.2, 0.25) is 0 Å². The minimum atomic E-state index is 0.603. The highest BCUT2D eigenvalue weighted by Crippen LogP contribution is 2.20. The van der Waals surface area contributed by atoms with E-state index in [9.17, 15) is 0 Å². The van der Waals surface area contributed by atoms with Crippen LogP contribution in [0.4, 0.5) is 5.69 Å². The van der Waals surface area contributed by atoms with Crippen molar-refractivity contribution in [3.8, 4) is 5.75 Å². The predicted octanol–water partition coefficient (Wildman–Crippen LogP) is 3.61. The molecule has 0 aliphatic heterocycles. The summed E-state index contributed by atoms with van der Waals surface area (Å²) in [6, 6.07) is 16.2. The van der Waals surface area contributed by atoms with E-state index in [-0.39, 0.29) is 0 Å². The zero-order valence-electron chi connectivity index (χ0n) is 11.5. The van der Waals surface area contributed by atoms with E-state index in [0.29, 0.717) is 12.3 Å². The van der Waals surface area contributed by atoms with Crippen LogP contribution < -0.4 is 10.5 Å². The lowest BCUT2D eigenvalue weighted by Gasteiger charge is -2.10. The first-order valence-electron chi connectivity index (χ1n) is 6.77. The van der Waals surface area contributed by atoms with E-state index in [1.807, 2.05) is 24.3 Å². The second-order valence-electron chi connectivity index (χ2n) is 4.96. The first-order chi connectivity index (χ1) is 9.74. The summed E-state index contributed by atoms with van der Waals surface area (Å²) in [5, 5.41) is 1.27.